The molecule has 0 bridgehead atoms. The van der Waals surface area contributed by atoms with Gasteiger partial charge >= 0.3 is 0 Å². The molecule has 1 aliphatic rings. The first-order valence-electron chi connectivity index (χ1n) is 5.12. The van der Waals surface area contributed by atoms with Crippen molar-refractivity contribution in [1.29, 1.82) is 0 Å². The number of thiocarbonyl (C=S) groups is 1. The highest BCUT2D eigenvalue weighted by Crippen LogP contribution is 2.32. The third kappa shape index (κ3) is 2.70. The van der Waals surface area contributed by atoms with E-state index in [1.165, 1.54) is 11.8 Å². The number of nitrogens with zero attached hydrogens (tertiary/aromatic N) is 1. The van der Waals surface area contributed by atoms with E-state index in [4.69, 9.17) is 23.8 Å². The van der Waals surface area contributed by atoms with Crippen molar-refractivity contribution in [3.8, 4) is 0 Å². The molecule has 0 aliphatic carbocycles. The number of carbonyl (C=O) groups excluding carboxylic acids is 1. The molecule has 0 saturated carbocycles. The molecule has 1 aromatic carbocycles. The molecule has 2 nitrogen and oxygen atoms in total. The number of rotatable bonds is 2. The Hall–Kier alpha value is -0.840. The Morgan fingerprint density at radius 3 is 2.59 bits per heavy atom. The predicted molar refractivity (Wildman–Crippen MR) is 77.0 cm³/mol. The van der Waals surface area contributed by atoms with E-state index in [1.54, 1.807) is 17.0 Å². The summed E-state index contributed by atoms with van der Waals surface area (Å²) >= 11 is 12.3. The van der Waals surface area contributed by atoms with Gasteiger partial charge in [0.1, 0.15) is 4.32 Å². The summed E-state index contributed by atoms with van der Waals surface area (Å²) in [5.74, 6) is -0.0163. The van der Waals surface area contributed by atoms with E-state index in [2.05, 4.69) is 0 Å². The third-order valence-corrected chi connectivity index (χ3v) is 3.99. The lowest BCUT2D eigenvalue weighted by molar-refractivity contribution is -0.121. The average molecular weight is 284 g/mol. The van der Waals surface area contributed by atoms with Crippen LogP contribution in [0.4, 0.5) is 0 Å². The molecule has 5 heteroatoms. The molecule has 0 spiro atoms. The lowest BCUT2D eigenvalue weighted by Crippen LogP contribution is -2.27. The number of benzene rings is 1. The van der Waals surface area contributed by atoms with E-state index in [1.807, 2.05) is 25.1 Å². The van der Waals surface area contributed by atoms with Gasteiger partial charge in [-0.05, 0) is 30.7 Å². The zero-order valence-corrected chi connectivity index (χ0v) is 11.5. The molecule has 2 rings (SSSR count). The fourth-order valence-electron chi connectivity index (χ4n) is 1.48. The monoisotopic (exact) mass is 283 g/mol. The summed E-state index contributed by atoms with van der Waals surface area (Å²) in [6.07, 6.45) is 1.84. The second kappa shape index (κ2) is 5.21. The molecule has 17 heavy (non-hydrogen) atoms. The Morgan fingerprint density at radius 1 is 1.41 bits per heavy atom. The SMILES string of the molecule is CCN1C(=O)/C(=C\c2ccc(Cl)cc2)SC1=S. The van der Waals surface area contributed by atoms with Crippen LogP contribution in [0.25, 0.3) is 6.08 Å². The first-order valence-corrected chi connectivity index (χ1v) is 6.73. The Balaban J connectivity index is 2.27. The molecule has 0 unspecified atom stereocenters. The van der Waals surface area contributed by atoms with Gasteiger partial charge in [-0.3, -0.25) is 9.69 Å². The van der Waals surface area contributed by atoms with Crippen molar-refractivity contribution < 1.29 is 4.79 Å². The minimum Gasteiger partial charge on any atom is -0.293 e. The van der Waals surface area contributed by atoms with Crippen LogP contribution in [0.2, 0.25) is 5.02 Å². The van der Waals surface area contributed by atoms with Crippen LogP contribution in [0, 0.1) is 0 Å². The van der Waals surface area contributed by atoms with Gasteiger partial charge in [-0.2, -0.15) is 0 Å². The van der Waals surface area contributed by atoms with Crippen LogP contribution in [-0.4, -0.2) is 21.7 Å². The van der Waals surface area contributed by atoms with Crippen LogP contribution in [0.15, 0.2) is 29.2 Å². The molecule has 1 aromatic rings. The van der Waals surface area contributed by atoms with Gasteiger partial charge in [0.25, 0.3) is 5.91 Å². The normalized spacial score (nSPS) is 18.2. The predicted octanol–water partition coefficient (Wildman–Crippen LogP) is 3.56. The van der Waals surface area contributed by atoms with Crippen LogP contribution in [0.1, 0.15) is 12.5 Å². The van der Waals surface area contributed by atoms with Crippen LogP contribution < -0.4 is 0 Å². The Labute approximate surface area is 115 Å². The highest BCUT2D eigenvalue weighted by Gasteiger charge is 2.30. The highest BCUT2D eigenvalue weighted by molar-refractivity contribution is 8.26. The minimum atomic E-state index is -0.0163. The molecule has 0 N–H and O–H groups in total. The summed E-state index contributed by atoms with van der Waals surface area (Å²) in [6, 6.07) is 7.35. The maximum Gasteiger partial charge on any atom is 0.266 e. The fraction of sp³-hybridized carbons (Fsp3) is 0.167. The second-order valence-corrected chi connectivity index (χ2v) is 5.59. The number of hydrogen-bond donors (Lipinski definition) is 0. The molecular weight excluding hydrogens is 274 g/mol. The molecule has 0 aromatic heterocycles. The number of hydrogen-bond acceptors (Lipinski definition) is 3. The largest absolute Gasteiger partial charge is 0.293 e. The van der Waals surface area contributed by atoms with Gasteiger partial charge in [-0.25, -0.2) is 0 Å². The van der Waals surface area contributed by atoms with Gasteiger partial charge in [0.2, 0.25) is 0 Å². The van der Waals surface area contributed by atoms with Crippen LogP contribution >= 0.6 is 35.6 Å². The fourth-order valence-corrected chi connectivity index (χ4v) is 2.99. The lowest BCUT2D eigenvalue weighted by atomic mass is 10.2. The van der Waals surface area contributed by atoms with E-state index < -0.39 is 0 Å². The van der Waals surface area contributed by atoms with Gasteiger partial charge in [-0.15, -0.1) is 0 Å². The van der Waals surface area contributed by atoms with Crippen molar-refractivity contribution >= 4 is 51.9 Å². The molecule has 0 radical (unpaired) electrons. The van der Waals surface area contributed by atoms with Crippen molar-refractivity contribution in [2.75, 3.05) is 6.54 Å². The maximum absolute atomic E-state index is 11.9. The van der Waals surface area contributed by atoms with Crippen molar-refractivity contribution in [2.45, 2.75) is 6.92 Å². The van der Waals surface area contributed by atoms with E-state index in [-0.39, 0.29) is 5.91 Å². The average Bonchev–Trinajstić information content (AvgIpc) is 2.57. The molecule has 1 heterocycles. The summed E-state index contributed by atoms with van der Waals surface area (Å²) in [5, 5.41) is 0.684. The van der Waals surface area contributed by atoms with E-state index in [0.717, 1.165) is 5.56 Å². The number of amides is 1. The van der Waals surface area contributed by atoms with Crippen LogP contribution in [0.5, 0.6) is 0 Å². The van der Waals surface area contributed by atoms with Crippen LogP contribution in [-0.2, 0) is 4.79 Å². The Morgan fingerprint density at radius 2 is 2.06 bits per heavy atom. The summed E-state index contributed by atoms with van der Waals surface area (Å²) in [5.41, 5.74) is 0.950. The molecule has 1 fully saturated rings. The lowest BCUT2D eigenvalue weighted by Gasteiger charge is -2.09. The molecular formula is C12H10ClNOS2. The zero-order chi connectivity index (χ0) is 12.4. The van der Waals surface area contributed by atoms with E-state index in [9.17, 15) is 4.79 Å². The van der Waals surface area contributed by atoms with E-state index >= 15 is 0 Å². The van der Waals surface area contributed by atoms with Crippen LogP contribution in [0.3, 0.4) is 0 Å². The molecule has 0 atom stereocenters. The van der Waals surface area contributed by atoms with Gasteiger partial charge in [0, 0.05) is 11.6 Å². The van der Waals surface area contributed by atoms with Crippen molar-refractivity contribution in [3.05, 3.63) is 39.8 Å². The first kappa shape index (κ1) is 12.6. The van der Waals surface area contributed by atoms with E-state index in [0.29, 0.717) is 20.8 Å². The van der Waals surface area contributed by atoms with Crippen molar-refractivity contribution in [1.82, 2.24) is 4.90 Å². The highest BCUT2D eigenvalue weighted by atomic mass is 35.5. The Bertz CT molecular complexity index is 496. The summed E-state index contributed by atoms with van der Waals surface area (Å²) < 4.78 is 0.623. The smallest absolute Gasteiger partial charge is 0.266 e. The minimum absolute atomic E-state index is 0.0163. The van der Waals surface area contributed by atoms with Gasteiger partial charge in [0.05, 0.1) is 4.91 Å². The van der Waals surface area contributed by atoms with Crippen molar-refractivity contribution in [3.63, 3.8) is 0 Å². The molecule has 1 amide bonds. The standard InChI is InChI=1S/C12H10ClNOS2/c1-2-14-11(15)10(17-12(14)16)7-8-3-5-9(13)6-4-8/h3-7H,2H2,1H3/b10-7+. The topological polar surface area (TPSA) is 20.3 Å². The number of halogens is 1. The van der Waals surface area contributed by atoms with Gasteiger partial charge in [-0.1, -0.05) is 47.7 Å². The summed E-state index contributed by atoms with van der Waals surface area (Å²) in [7, 11) is 0. The molecule has 1 aliphatic heterocycles. The molecule has 1 saturated heterocycles. The summed E-state index contributed by atoms with van der Waals surface area (Å²) in [4.78, 5) is 14.2. The van der Waals surface area contributed by atoms with Gasteiger partial charge < -0.3 is 0 Å². The third-order valence-electron chi connectivity index (χ3n) is 2.36. The summed E-state index contributed by atoms with van der Waals surface area (Å²) in [6.45, 7) is 2.53. The Kier molecular flexibility index (Phi) is 3.86. The van der Waals surface area contributed by atoms with Crippen molar-refractivity contribution in [2.24, 2.45) is 0 Å². The zero-order valence-electron chi connectivity index (χ0n) is 9.14. The maximum atomic E-state index is 11.9. The quantitative estimate of drug-likeness (QED) is 0.611. The number of likely N-dealkylation sites (N-methyl/N-ethyl adjacent to an activating group) is 1. The second-order valence-electron chi connectivity index (χ2n) is 3.48. The number of carbonyl (C=O) groups is 1. The molecule has 88 valence electrons. The first-order chi connectivity index (χ1) is 8.11. The number of thioether (sulfide) groups is 1. The van der Waals surface area contributed by atoms with Gasteiger partial charge in [0.15, 0.2) is 0 Å².